The summed E-state index contributed by atoms with van der Waals surface area (Å²) in [5.74, 6) is 0.450. The van der Waals surface area contributed by atoms with Crippen LogP contribution in [0.4, 0.5) is 17.5 Å². The highest BCUT2D eigenvalue weighted by Gasteiger charge is 2.03. The van der Waals surface area contributed by atoms with Gasteiger partial charge in [0, 0.05) is 11.1 Å². The highest BCUT2D eigenvalue weighted by Crippen LogP contribution is 2.22. The zero-order valence-electron chi connectivity index (χ0n) is 8.79. The third-order valence-corrected chi connectivity index (χ3v) is 2.35. The number of oxazole rings is 1. The topological polar surface area (TPSA) is 89.9 Å². The van der Waals surface area contributed by atoms with Crippen molar-refractivity contribution in [2.24, 2.45) is 0 Å². The van der Waals surface area contributed by atoms with Crippen molar-refractivity contribution in [1.29, 1.82) is 0 Å². The number of nitrogens with two attached hydrogens (primary N) is 1. The SMILES string of the molecule is Nc1ncnc2ccc(Nc3ncco3)cc12. The molecule has 6 nitrogen and oxygen atoms in total. The molecule has 2 heterocycles. The molecule has 0 aliphatic rings. The number of fused-ring (bicyclic) bond motifs is 1. The summed E-state index contributed by atoms with van der Waals surface area (Å²) in [5.41, 5.74) is 7.40. The van der Waals surface area contributed by atoms with Gasteiger partial charge in [0.15, 0.2) is 0 Å². The molecule has 17 heavy (non-hydrogen) atoms. The molecule has 3 aromatic rings. The summed E-state index contributed by atoms with van der Waals surface area (Å²) in [6.45, 7) is 0. The lowest BCUT2D eigenvalue weighted by Gasteiger charge is -2.04. The Morgan fingerprint density at radius 3 is 2.94 bits per heavy atom. The number of nitrogen functional groups attached to an aromatic ring is 1. The minimum Gasteiger partial charge on any atom is -0.432 e. The highest BCUT2D eigenvalue weighted by molar-refractivity contribution is 5.90. The molecule has 0 saturated heterocycles. The summed E-state index contributed by atoms with van der Waals surface area (Å²) in [7, 11) is 0. The Bertz CT molecular complexity index is 650. The Morgan fingerprint density at radius 2 is 2.12 bits per heavy atom. The maximum absolute atomic E-state index is 5.78. The minimum absolute atomic E-state index is 0.430. The molecule has 0 aliphatic heterocycles. The number of rotatable bonds is 2. The van der Waals surface area contributed by atoms with Crippen molar-refractivity contribution in [2.45, 2.75) is 0 Å². The molecule has 0 fully saturated rings. The van der Waals surface area contributed by atoms with E-state index in [0.717, 1.165) is 16.6 Å². The molecular weight excluding hydrogens is 218 g/mol. The Kier molecular flexibility index (Phi) is 2.11. The average molecular weight is 227 g/mol. The van der Waals surface area contributed by atoms with Gasteiger partial charge in [-0.25, -0.2) is 15.0 Å². The predicted octanol–water partition coefficient (Wildman–Crippen LogP) is 1.94. The average Bonchev–Trinajstić information content (AvgIpc) is 2.83. The summed E-state index contributed by atoms with van der Waals surface area (Å²) < 4.78 is 5.10. The number of anilines is 3. The quantitative estimate of drug-likeness (QED) is 0.695. The number of nitrogens with one attached hydrogen (secondary N) is 1. The second kappa shape index (κ2) is 3.75. The predicted molar refractivity (Wildman–Crippen MR) is 63.7 cm³/mol. The minimum atomic E-state index is 0.430. The van der Waals surface area contributed by atoms with E-state index in [1.165, 1.54) is 12.6 Å². The van der Waals surface area contributed by atoms with E-state index in [4.69, 9.17) is 10.2 Å². The Hall–Kier alpha value is -2.63. The molecule has 0 radical (unpaired) electrons. The van der Waals surface area contributed by atoms with Crippen LogP contribution in [0.1, 0.15) is 0 Å². The number of hydrogen-bond donors (Lipinski definition) is 2. The fourth-order valence-corrected chi connectivity index (χ4v) is 1.56. The molecule has 6 heteroatoms. The Labute approximate surface area is 96.5 Å². The lowest BCUT2D eigenvalue weighted by atomic mass is 10.2. The smallest absolute Gasteiger partial charge is 0.299 e. The molecule has 0 bridgehead atoms. The molecular formula is C11H9N5O. The van der Waals surface area contributed by atoms with E-state index in [0.29, 0.717) is 11.8 Å². The molecule has 0 spiro atoms. The number of benzene rings is 1. The van der Waals surface area contributed by atoms with Gasteiger partial charge in [-0.3, -0.25) is 0 Å². The molecule has 0 aliphatic carbocycles. The van der Waals surface area contributed by atoms with Crippen molar-refractivity contribution < 1.29 is 4.42 Å². The summed E-state index contributed by atoms with van der Waals surface area (Å²) in [6, 6.07) is 6.02. The number of hydrogen-bond acceptors (Lipinski definition) is 6. The Balaban J connectivity index is 2.04. The number of nitrogens with zero attached hydrogens (tertiary/aromatic N) is 3. The molecule has 0 amide bonds. The van der Waals surface area contributed by atoms with E-state index in [9.17, 15) is 0 Å². The summed E-state index contributed by atoms with van der Waals surface area (Å²) in [4.78, 5) is 12.0. The maximum Gasteiger partial charge on any atom is 0.299 e. The van der Waals surface area contributed by atoms with Gasteiger partial charge in [-0.1, -0.05) is 0 Å². The van der Waals surface area contributed by atoms with Crippen LogP contribution in [0.15, 0.2) is 41.4 Å². The number of aromatic nitrogens is 3. The first-order valence-electron chi connectivity index (χ1n) is 5.00. The standard InChI is InChI=1S/C11H9N5O/c12-10-8-5-7(16-11-13-3-4-17-11)1-2-9(8)14-6-15-10/h1-6H,(H,13,16)(H2,12,14,15). The van der Waals surface area contributed by atoms with Crippen LogP contribution < -0.4 is 11.1 Å². The van der Waals surface area contributed by atoms with Gasteiger partial charge < -0.3 is 15.5 Å². The maximum atomic E-state index is 5.78. The molecule has 1 aromatic carbocycles. The van der Waals surface area contributed by atoms with Crippen LogP contribution in [-0.4, -0.2) is 15.0 Å². The fourth-order valence-electron chi connectivity index (χ4n) is 1.56. The van der Waals surface area contributed by atoms with E-state index in [1.807, 2.05) is 18.2 Å². The van der Waals surface area contributed by atoms with Gasteiger partial charge in [0.1, 0.15) is 18.4 Å². The molecule has 0 unspecified atom stereocenters. The second-order valence-corrected chi connectivity index (χ2v) is 3.45. The van der Waals surface area contributed by atoms with Crippen LogP contribution in [0.3, 0.4) is 0 Å². The van der Waals surface area contributed by atoms with Gasteiger partial charge in [0.2, 0.25) is 0 Å². The van der Waals surface area contributed by atoms with Crippen LogP contribution in [0.2, 0.25) is 0 Å². The highest BCUT2D eigenvalue weighted by atomic mass is 16.4. The van der Waals surface area contributed by atoms with E-state index in [1.54, 1.807) is 6.20 Å². The van der Waals surface area contributed by atoms with Crippen LogP contribution in [0.25, 0.3) is 10.9 Å². The molecule has 0 saturated carbocycles. The van der Waals surface area contributed by atoms with Crippen molar-refractivity contribution in [1.82, 2.24) is 15.0 Å². The van der Waals surface area contributed by atoms with Crippen molar-refractivity contribution in [2.75, 3.05) is 11.1 Å². The lowest BCUT2D eigenvalue weighted by molar-refractivity contribution is 0.578. The first-order valence-corrected chi connectivity index (χ1v) is 5.00. The van der Waals surface area contributed by atoms with E-state index < -0.39 is 0 Å². The van der Waals surface area contributed by atoms with Crippen LogP contribution >= 0.6 is 0 Å². The molecule has 3 N–H and O–H groups in total. The van der Waals surface area contributed by atoms with E-state index >= 15 is 0 Å². The first-order chi connectivity index (χ1) is 8.33. The third-order valence-electron chi connectivity index (χ3n) is 2.35. The normalized spacial score (nSPS) is 10.6. The van der Waals surface area contributed by atoms with Gasteiger partial charge in [-0.05, 0) is 18.2 Å². The molecule has 84 valence electrons. The van der Waals surface area contributed by atoms with Gasteiger partial charge in [-0.2, -0.15) is 0 Å². The van der Waals surface area contributed by atoms with E-state index in [-0.39, 0.29) is 0 Å². The Morgan fingerprint density at radius 1 is 1.18 bits per heavy atom. The van der Waals surface area contributed by atoms with Gasteiger partial charge in [0.25, 0.3) is 6.01 Å². The van der Waals surface area contributed by atoms with Gasteiger partial charge >= 0.3 is 0 Å². The van der Waals surface area contributed by atoms with Gasteiger partial charge in [0.05, 0.1) is 11.7 Å². The van der Waals surface area contributed by atoms with Crippen molar-refractivity contribution >= 4 is 28.4 Å². The monoisotopic (exact) mass is 227 g/mol. The zero-order valence-corrected chi connectivity index (χ0v) is 8.79. The zero-order chi connectivity index (χ0) is 11.7. The molecule has 2 aromatic heterocycles. The van der Waals surface area contributed by atoms with Crippen molar-refractivity contribution in [3.8, 4) is 0 Å². The van der Waals surface area contributed by atoms with E-state index in [2.05, 4.69) is 20.3 Å². The van der Waals surface area contributed by atoms with Gasteiger partial charge in [-0.15, -0.1) is 0 Å². The second-order valence-electron chi connectivity index (χ2n) is 3.45. The van der Waals surface area contributed by atoms with Crippen LogP contribution in [0, 0.1) is 0 Å². The van der Waals surface area contributed by atoms with Crippen LogP contribution in [-0.2, 0) is 0 Å². The fraction of sp³-hybridized carbons (Fsp3) is 0. The first kappa shape index (κ1) is 9.59. The molecule has 3 rings (SSSR count). The van der Waals surface area contributed by atoms with Crippen LogP contribution in [0.5, 0.6) is 0 Å². The summed E-state index contributed by atoms with van der Waals surface area (Å²) >= 11 is 0. The largest absolute Gasteiger partial charge is 0.432 e. The van der Waals surface area contributed by atoms with Crippen molar-refractivity contribution in [3.05, 3.63) is 37.0 Å². The van der Waals surface area contributed by atoms with Crippen molar-refractivity contribution in [3.63, 3.8) is 0 Å². The molecule has 0 atom stereocenters. The third kappa shape index (κ3) is 1.76. The summed E-state index contributed by atoms with van der Waals surface area (Å²) in [5, 5.41) is 3.81. The summed E-state index contributed by atoms with van der Waals surface area (Å²) in [6.07, 6.45) is 4.51. The lowest BCUT2D eigenvalue weighted by Crippen LogP contribution is -1.95.